The number of phosphoric ester groups is 1. The Morgan fingerprint density at radius 2 is 0.983 bits per heavy atom. The van der Waals surface area contributed by atoms with Gasteiger partial charge in [0.05, 0.1) is 27.7 Å². The molecule has 9 nitrogen and oxygen atoms in total. The van der Waals surface area contributed by atoms with E-state index in [-0.39, 0.29) is 26.1 Å². The van der Waals surface area contributed by atoms with Crippen molar-refractivity contribution in [2.45, 2.75) is 174 Å². The number of esters is 2. The van der Waals surface area contributed by atoms with Crippen molar-refractivity contribution in [1.82, 2.24) is 0 Å². The van der Waals surface area contributed by atoms with Gasteiger partial charge in [0.2, 0.25) is 0 Å². The van der Waals surface area contributed by atoms with Crippen LogP contribution >= 0.6 is 7.82 Å². The molecule has 58 heavy (non-hydrogen) atoms. The van der Waals surface area contributed by atoms with Gasteiger partial charge in [-0.2, -0.15) is 0 Å². The van der Waals surface area contributed by atoms with Crippen molar-refractivity contribution in [1.29, 1.82) is 0 Å². The van der Waals surface area contributed by atoms with Gasteiger partial charge in [-0.25, -0.2) is 0 Å². The Morgan fingerprint density at radius 3 is 1.50 bits per heavy atom. The third-order valence-electron chi connectivity index (χ3n) is 9.21. The van der Waals surface area contributed by atoms with E-state index in [1.54, 1.807) is 0 Å². The maximum Gasteiger partial charge on any atom is 0.306 e. The molecule has 0 N–H and O–H groups in total. The van der Waals surface area contributed by atoms with Crippen LogP contribution in [-0.4, -0.2) is 70.0 Å². The molecule has 0 aromatic rings. The summed E-state index contributed by atoms with van der Waals surface area (Å²) in [5.41, 5.74) is 0. The molecule has 2 atom stereocenters. The molecule has 0 bridgehead atoms. The van der Waals surface area contributed by atoms with Crippen molar-refractivity contribution in [3.63, 3.8) is 0 Å². The molecule has 10 heteroatoms. The molecule has 0 saturated carbocycles. The summed E-state index contributed by atoms with van der Waals surface area (Å²) in [6.45, 7) is 4.04. The quantitative estimate of drug-likeness (QED) is 0.0197. The lowest BCUT2D eigenvalue weighted by molar-refractivity contribution is -0.870. The maximum atomic E-state index is 12.7. The first kappa shape index (κ1) is 55.5. The summed E-state index contributed by atoms with van der Waals surface area (Å²) in [4.78, 5) is 37.6. The first-order valence-corrected chi connectivity index (χ1v) is 24.1. The molecule has 0 aromatic heterocycles. The van der Waals surface area contributed by atoms with Crippen LogP contribution in [0.15, 0.2) is 72.9 Å². The highest BCUT2D eigenvalue weighted by atomic mass is 31.2. The fraction of sp³-hybridized carbons (Fsp3) is 0.708. The Morgan fingerprint density at radius 1 is 0.552 bits per heavy atom. The second kappa shape index (κ2) is 39.9. The molecule has 0 saturated heterocycles. The fourth-order valence-corrected chi connectivity index (χ4v) is 6.40. The van der Waals surface area contributed by atoms with Gasteiger partial charge in [0.25, 0.3) is 7.82 Å². The van der Waals surface area contributed by atoms with Crippen molar-refractivity contribution < 1.29 is 42.1 Å². The molecule has 334 valence electrons. The molecule has 0 aliphatic rings. The largest absolute Gasteiger partial charge is 0.756 e. The Labute approximate surface area is 355 Å². The first-order valence-electron chi connectivity index (χ1n) is 22.6. The third kappa shape index (κ3) is 43.0. The maximum absolute atomic E-state index is 12.7. The van der Waals surface area contributed by atoms with Crippen molar-refractivity contribution in [3.05, 3.63) is 72.9 Å². The van der Waals surface area contributed by atoms with E-state index in [4.69, 9.17) is 18.5 Å². The molecule has 0 spiro atoms. The average Bonchev–Trinajstić information content (AvgIpc) is 3.17. The lowest BCUT2D eigenvalue weighted by Gasteiger charge is -2.28. The highest BCUT2D eigenvalue weighted by molar-refractivity contribution is 7.45. The van der Waals surface area contributed by atoms with E-state index in [1.165, 1.54) is 44.9 Å². The van der Waals surface area contributed by atoms with Gasteiger partial charge < -0.3 is 27.9 Å². The summed E-state index contributed by atoms with van der Waals surface area (Å²) >= 11 is 0. The van der Waals surface area contributed by atoms with Crippen LogP contribution in [0.25, 0.3) is 0 Å². The predicted octanol–water partition coefficient (Wildman–Crippen LogP) is 12.4. The van der Waals surface area contributed by atoms with Crippen molar-refractivity contribution in [2.24, 2.45) is 0 Å². The number of nitrogens with zero attached hydrogens (tertiary/aromatic N) is 1. The monoisotopic (exact) mass is 834 g/mol. The summed E-state index contributed by atoms with van der Waals surface area (Å²) in [6, 6.07) is 0. The number of allylic oxidation sites excluding steroid dienone is 12. The number of rotatable bonds is 40. The van der Waals surface area contributed by atoms with Crippen LogP contribution in [0.5, 0.6) is 0 Å². The van der Waals surface area contributed by atoms with Crippen LogP contribution in [0.1, 0.15) is 168 Å². The minimum Gasteiger partial charge on any atom is -0.756 e. The molecule has 0 radical (unpaired) electrons. The Kier molecular flexibility index (Phi) is 38.1. The number of likely N-dealkylation sites (N-methyl/N-ethyl adjacent to an activating group) is 1. The van der Waals surface area contributed by atoms with Gasteiger partial charge in [0, 0.05) is 12.8 Å². The highest BCUT2D eigenvalue weighted by Gasteiger charge is 2.21. The standard InChI is InChI=1S/C48H84NO8P/c1-6-8-10-12-14-16-18-20-22-23-24-25-27-29-31-33-35-37-39-41-48(51)57-46(45-56-58(52,53)55-43-42-49(3,4)5)44-54-47(50)40-38-36-34-32-30-28-26-21-19-17-15-13-11-9-7-2/h8,10,14,16,20-22,24-26,29,31,46H,6-7,9,11-13,15,17-19,23,27-28,30,32-45H2,1-5H3/b10-8+,16-14+,22-20+,25-24+,26-21+,31-29+/t46-/m1/s1. The number of carbonyl (C=O) groups is 2. The zero-order valence-electron chi connectivity index (χ0n) is 37.5. The second-order valence-corrected chi connectivity index (χ2v) is 17.4. The number of ether oxygens (including phenoxy) is 2. The van der Waals surface area contributed by atoms with Crippen LogP contribution < -0.4 is 4.89 Å². The lowest BCUT2D eigenvalue weighted by atomic mass is 10.1. The van der Waals surface area contributed by atoms with Crippen LogP contribution in [0.2, 0.25) is 0 Å². The van der Waals surface area contributed by atoms with Crippen LogP contribution in [0.3, 0.4) is 0 Å². The summed E-state index contributed by atoms with van der Waals surface area (Å²) in [7, 11) is 1.13. The number of unbranched alkanes of at least 4 members (excludes halogenated alkanes) is 14. The number of phosphoric acid groups is 1. The van der Waals surface area contributed by atoms with E-state index >= 15 is 0 Å². The first-order chi connectivity index (χ1) is 28.0. The zero-order chi connectivity index (χ0) is 42.8. The average molecular weight is 834 g/mol. The summed E-state index contributed by atoms with van der Waals surface area (Å²) < 4.78 is 33.9. The molecule has 1 unspecified atom stereocenters. The lowest BCUT2D eigenvalue weighted by Crippen LogP contribution is -2.37. The van der Waals surface area contributed by atoms with Gasteiger partial charge in [-0.3, -0.25) is 14.2 Å². The number of hydrogen-bond acceptors (Lipinski definition) is 8. The van der Waals surface area contributed by atoms with Crippen molar-refractivity contribution in [2.75, 3.05) is 47.5 Å². The van der Waals surface area contributed by atoms with Crippen molar-refractivity contribution in [3.8, 4) is 0 Å². The van der Waals surface area contributed by atoms with E-state index < -0.39 is 32.5 Å². The Balaban J connectivity index is 4.44. The van der Waals surface area contributed by atoms with Gasteiger partial charge in [-0.05, 0) is 83.5 Å². The Hall–Kier alpha value is -2.55. The van der Waals surface area contributed by atoms with Gasteiger partial charge in [0.1, 0.15) is 19.8 Å². The van der Waals surface area contributed by atoms with Gasteiger partial charge in [-0.15, -0.1) is 0 Å². The SMILES string of the molecule is CC/C=C/C/C=C/C/C=C/C/C=C/C/C=C/CCCCCC(=O)O[C@H](COC(=O)CCCCCCC/C=C/CCCCCCCC)COP(=O)([O-])OCC[N+](C)(C)C. The summed E-state index contributed by atoms with van der Waals surface area (Å²) in [5.74, 6) is -0.887. The van der Waals surface area contributed by atoms with E-state index in [2.05, 4.69) is 86.8 Å². The topological polar surface area (TPSA) is 111 Å². The molecule has 0 aromatic carbocycles. The summed E-state index contributed by atoms with van der Waals surface area (Å²) in [6.07, 6.45) is 49.3. The van der Waals surface area contributed by atoms with Crippen LogP contribution in [0, 0.1) is 0 Å². The number of quaternary nitrogens is 1. The van der Waals surface area contributed by atoms with Crippen molar-refractivity contribution >= 4 is 19.8 Å². The second-order valence-electron chi connectivity index (χ2n) is 16.0. The van der Waals surface area contributed by atoms with Crippen LogP contribution in [-0.2, 0) is 32.7 Å². The molecular formula is C48H84NO8P. The Bertz CT molecular complexity index is 1220. The van der Waals surface area contributed by atoms with E-state index in [0.717, 1.165) is 83.5 Å². The molecule has 0 amide bonds. The molecule has 0 heterocycles. The third-order valence-corrected chi connectivity index (χ3v) is 10.2. The van der Waals surface area contributed by atoms with E-state index in [0.29, 0.717) is 23.9 Å². The zero-order valence-corrected chi connectivity index (χ0v) is 38.4. The predicted molar refractivity (Wildman–Crippen MR) is 240 cm³/mol. The van der Waals surface area contributed by atoms with E-state index in [1.807, 2.05) is 21.1 Å². The molecular weight excluding hydrogens is 750 g/mol. The fourth-order valence-electron chi connectivity index (χ4n) is 5.67. The smallest absolute Gasteiger partial charge is 0.306 e. The number of carbonyl (C=O) groups excluding carboxylic acids is 2. The molecule has 0 rings (SSSR count). The number of hydrogen-bond donors (Lipinski definition) is 0. The molecule has 0 aliphatic carbocycles. The molecule has 0 aliphatic heterocycles. The van der Waals surface area contributed by atoms with Gasteiger partial charge in [-0.1, -0.05) is 145 Å². The normalized spacial score (nSPS) is 14.2. The minimum absolute atomic E-state index is 0.0424. The van der Waals surface area contributed by atoms with Gasteiger partial charge in [0.15, 0.2) is 6.10 Å². The minimum atomic E-state index is -4.64. The highest BCUT2D eigenvalue weighted by Crippen LogP contribution is 2.38. The van der Waals surface area contributed by atoms with Crippen LogP contribution in [0.4, 0.5) is 0 Å². The molecule has 0 fully saturated rings. The summed E-state index contributed by atoms with van der Waals surface area (Å²) in [5, 5.41) is 0. The van der Waals surface area contributed by atoms with E-state index in [9.17, 15) is 19.0 Å². The van der Waals surface area contributed by atoms with Gasteiger partial charge >= 0.3 is 11.9 Å².